The Hall–Kier alpha value is -2.58. The van der Waals surface area contributed by atoms with Gasteiger partial charge in [0.25, 0.3) is 5.91 Å². The van der Waals surface area contributed by atoms with Crippen LogP contribution in [0, 0.1) is 6.92 Å². The van der Waals surface area contributed by atoms with Gasteiger partial charge in [-0.3, -0.25) is 4.79 Å². The molecule has 2 aromatic rings. The zero-order valence-electron chi connectivity index (χ0n) is 17.6. The Bertz CT molecular complexity index is 1010. The van der Waals surface area contributed by atoms with Gasteiger partial charge in [0.2, 0.25) is 10.0 Å². The lowest BCUT2D eigenvalue weighted by molar-refractivity contribution is 0.102. The average Bonchev–Trinajstić information content (AvgIpc) is 2.76. The van der Waals surface area contributed by atoms with Gasteiger partial charge in [0.15, 0.2) is 0 Å². The van der Waals surface area contributed by atoms with E-state index in [2.05, 4.69) is 5.32 Å². The molecule has 30 heavy (non-hydrogen) atoms. The number of rotatable bonds is 7. The molecule has 7 nitrogen and oxygen atoms in total. The summed E-state index contributed by atoms with van der Waals surface area (Å²) in [5.41, 5.74) is 1.64. The van der Waals surface area contributed by atoms with E-state index in [1.807, 2.05) is 13.8 Å². The van der Waals surface area contributed by atoms with E-state index in [9.17, 15) is 13.2 Å². The van der Waals surface area contributed by atoms with Crippen LogP contribution in [0.4, 0.5) is 5.69 Å². The maximum Gasteiger partial charge on any atom is 0.255 e. The molecule has 0 saturated carbocycles. The Morgan fingerprint density at radius 1 is 1.07 bits per heavy atom. The standard InChI is InChI=1S/C22H28N2O5S/c1-4-29-20-11-10-18(30(26,27)24-12-6-5-7-13-24)15-19(20)23-22(25)17-9-8-16(2)21(14-17)28-3/h8-11,14-15H,4-7,12-13H2,1-3H3,(H,23,25). The number of nitrogens with zero attached hydrogens (tertiary/aromatic N) is 1. The van der Waals surface area contributed by atoms with Crippen molar-refractivity contribution in [1.82, 2.24) is 4.31 Å². The Kier molecular flexibility index (Phi) is 6.99. The summed E-state index contributed by atoms with van der Waals surface area (Å²) >= 11 is 0. The van der Waals surface area contributed by atoms with Gasteiger partial charge in [0, 0.05) is 18.7 Å². The summed E-state index contributed by atoms with van der Waals surface area (Å²) < 4.78 is 38.5. The highest BCUT2D eigenvalue weighted by molar-refractivity contribution is 7.89. The first-order chi connectivity index (χ1) is 14.4. The van der Waals surface area contributed by atoms with E-state index in [4.69, 9.17) is 9.47 Å². The number of benzene rings is 2. The summed E-state index contributed by atoms with van der Waals surface area (Å²) in [5, 5.41) is 2.80. The first-order valence-corrected chi connectivity index (χ1v) is 11.5. The second-order valence-corrected chi connectivity index (χ2v) is 9.13. The fraction of sp³-hybridized carbons (Fsp3) is 0.409. The van der Waals surface area contributed by atoms with Gasteiger partial charge in [-0.15, -0.1) is 0 Å². The molecule has 1 aliphatic rings. The number of amides is 1. The third-order valence-electron chi connectivity index (χ3n) is 5.12. The number of piperidine rings is 1. The molecule has 1 aliphatic heterocycles. The van der Waals surface area contributed by atoms with Crippen LogP contribution in [-0.2, 0) is 10.0 Å². The minimum absolute atomic E-state index is 0.143. The number of hydrogen-bond donors (Lipinski definition) is 1. The maximum atomic E-state index is 13.0. The second kappa shape index (κ2) is 9.49. The van der Waals surface area contributed by atoms with Crippen molar-refractivity contribution in [3.8, 4) is 11.5 Å². The summed E-state index contributed by atoms with van der Waals surface area (Å²) in [7, 11) is -2.08. The van der Waals surface area contributed by atoms with Crippen LogP contribution >= 0.6 is 0 Å². The summed E-state index contributed by atoms with van der Waals surface area (Å²) in [6.45, 7) is 5.14. The largest absolute Gasteiger partial charge is 0.496 e. The minimum atomic E-state index is -3.63. The molecule has 1 heterocycles. The monoisotopic (exact) mass is 432 g/mol. The number of sulfonamides is 1. The molecule has 162 valence electrons. The quantitative estimate of drug-likeness (QED) is 0.719. The van der Waals surface area contributed by atoms with Crippen molar-refractivity contribution in [2.75, 3.05) is 32.1 Å². The number of ether oxygens (including phenoxy) is 2. The highest BCUT2D eigenvalue weighted by atomic mass is 32.2. The lowest BCUT2D eigenvalue weighted by Crippen LogP contribution is -2.35. The van der Waals surface area contributed by atoms with Gasteiger partial charge in [-0.1, -0.05) is 12.5 Å². The van der Waals surface area contributed by atoms with Crippen molar-refractivity contribution in [2.24, 2.45) is 0 Å². The molecular formula is C22H28N2O5S. The number of anilines is 1. The molecule has 8 heteroatoms. The third-order valence-corrected chi connectivity index (χ3v) is 7.02. The average molecular weight is 433 g/mol. The van der Waals surface area contributed by atoms with Crippen molar-refractivity contribution in [2.45, 2.75) is 38.0 Å². The van der Waals surface area contributed by atoms with Crippen LogP contribution in [0.5, 0.6) is 11.5 Å². The Labute approximate surface area is 178 Å². The first kappa shape index (κ1) is 22.1. The van der Waals surface area contributed by atoms with Crippen molar-refractivity contribution < 1.29 is 22.7 Å². The molecule has 2 aromatic carbocycles. The molecule has 1 amide bonds. The predicted molar refractivity (Wildman–Crippen MR) is 116 cm³/mol. The van der Waals surface area contributed by atoms with Gasteiger partial charge < -0.3 is 14.8 Å². The first-order valence-electron chi connectivity index (χ1n) is 10.1. The topological polar surface area (TPSA) is 84.9 Å². The Morgan fingerprint density at radius 2 is 1.80 bits per heavy atom. The number of hydrogen-bond acceptors (Lipinski definition) is 5. The van der Waals surface area contributed by atoms with Gasteiger partial charge in [0.1, 0.15) is 11.5 Å². The van der Waals surface area contributed by atoms with Crippen LogP contribution in [-0.4, -0.2) is 45.4 Å². The van der Waals surface area contributed by atoms with Crippen molar-refractivity contribution >= 4 is 21.6 Å². The third kappa shape index (κ3) is 4.76. The molecule has 0 aliphatic carbocycles. The lowest BCUT2D eigenvalue weighted by Gasteiger charge is -2.26. The van der Waals surface area contributed by atoms with Gasteiger partial charge >= 0.3 is 0 Å². The van der Waals surface area contributed by atoms with Gasteiger partial charge in [-0.05, 0) is 62.6 Å². The van der Waals surface area contributed by atoms with Gasteiger partial charge in [-0.2, -0.15) is 4.31 Å². The van der Waals surface area contributed by atoms with Crippen LogP contribution < -0.4 is 14.8 Å². The van der Waals surface area contributed by atoms with E-state index in [0.29, 0.717) is 42.4 Å². The van der Waals surface area contributed by atoms with Crippen molar-refractivity contribution in [3.05, 3.63) is 47.5 Å². The smallest absolute Gasteiger partial charge is 0.255 e. The van der Waals surface area contributed by atoms with Crippen LogP contribution in [0.1, 0.15) is 42.1 Å². The number of methoxy groups -OCH3 is 1. The van der Waals surface area contributed by atoms with E-state index >= 15 is 0 Å². The van der Waals surface area contributed by atoms with E-state index < -0.39 is 10.0 Å². The zero-order chi connectivity index (χ0) is 21.7. The second-order valence-electron chi connectivity index (χ2n) is 7.19. The summed E-state index contributed by atoms with van der Waals surface area (Å²) in [5.74, 6) is 0.651. The molecule has 0 radical (unpaired) electrons. The molecule has 1 saturated heterocycles. The number of aryl methyl sites for hydroxylation is 1. The normalized spacial score (nSPS) is 14.9. The lowest BCUT2D eigenvalue weighted by atomic mass is 10.1. The highest BCUT2D eigenvalue weighted by Crippen LogP contribution is 2.31. The van der Waals surface area contributed by atoms with E-state index in [1.54, 1.807) is 31.4 Å². The van der Waals surface area contributed by atoms with Crippen LogP contribution in [0.3, 0.4) is 0 Å². The minimum Gasteiger partial charge on any atom is -0.496 e. The molecule has 0 atom stereocenters. The maximum absolute atomic E-state index is 13.0. The van der Waals surface area contributed by atoms with Crippen LogP contribution in [0.25, 0.3) is 0 Å². The number of carbonyl (C=O) groups is 1. The van der Waals surface area contributed by atoms with E-state index in [1.165, 1.54) is 16.4 Å². The SMILES string of the molecule is CCOc1ccc(S(=O)(=O)N2CCCCC2)cc1NC(=O)c1ccc(C)c(OC)c1. The Balaban J connectivity index is 1.92. The molecule has 1 fully saturated rings. The predicted octanol–water partition coefficient (Wildman–Crippen LogP) is 3.83. The molecule has 0 bridgehead atoms. The fourth-order valence-electron chi connectivity index (χ4n) is 3.46. The van der Waals surface area contributed by atoms with E-state index in [-0.39, 0.29) is 10.8 Å². The summed E-state index contributed by atoms with van der Waals surface area (Å²) in [4.78, 5) is 13.0. The molecular weight excluding hydrogens is 404 g/mol. The van der Waals surface area contributed by atoms with Crippen LogP contribution in [0.2, 0.25) is 0 Å². The van der Waals surface area contributed by atoms with Crippen LogP contribution in [0.15, 0.2) is 41.3 Å². The van der Waals surface area contributed by atoms with Crippen molar-refractivity contribution in [1.29, 1.82) is 0 Å². The molecule has 1 N–H and O–H groups in total. The number of carbonyl (C=O) groups excluding carboxylic acids is 1. The fourth-order valence-corrected chi connectivity index (χ4v) is 5.00. The molecule has 3 rings (SSSR count). The van der Waals surface area contributed by atoms with Gasteiger partial charge in [-0.25, -0.2) is 8.42 Å². The molecule has 0 unspecified atom stereocenters. The Morgan fingerprint density at radius 3 is 2.47 bits per heavy atom. The van der Waals surface area contributed by atoms with E-state index in [0.717, 1.165) is 24.8 Å². The molecule has 0 aromatic heterocycles. The highest BCUT2D eigenvalue weighted by Gasteiger charge is 2.27. The molecule has 0 spiro atoms. The summed E-state index contributed by atoms with van der Waals surface area (Å²) in [6, 6.07) is 9.74. The van der Waals surface area contributed by atoms with Gasteiger partial charge in [0.05, 0.1) is 24.3 Å². The number of nitrogens with one attached hydrogen (secondary N) is 1. The zero-order valence-corrected chi connectivity index (χ0v) is 18.4. The van der Waals surface area contributed by atoms with Crippen molar-refractivity contribution in [3.63, 3.8) is 0 Å². The summed E-state index contributed by atoms with van der Waals surface area (Å²) in [6.07, 6.45) is 2.75.